The Kier molecular flexibility index (Phi) is 5.87. The van der Waals surface area contributed by atoms with Crippen LogP contribution in [0.5, 0.6) is 0 Å². The molecular weight excluding hydrogens is 356 g/mol. The first-order valence-corrected chi connectivity index (χ1v) is 9.37. The molecule has 0 radical (unpaired) electrons. The molecule has 0 bridgehead atoms. The maximum atomic E-state index is 11.9. The van der Waals surface area contributed by atoms with Crippen molar-refractivity contribution in [1.82, 2.24) is 5.32 Å². The zero-order valence-corrected chi connectivity index (χ0v) is 16.4. The van der Waals surface area contributed by atoms with Crippen LogP contribution in [0.1, 0.15) is 44.2 Å². The van der Waals surface area contributed by atoms with Crippen LogP contribution in [0.4, 0.5) is 15.3 Å². The average Bonchev–Trinajstić information content (AvgIpc) is 3.39. The van der Waals surface area contributed by atoms with Crippen molar-refractivity contribution in [1.29, 1.82) is 0 Å². The number of amides is 2. The van der Waals surface area contributed by atoms with Gasteiger partial charge in [0.15, 0.2) is 0 Å². The SMILES string of the molecule is CC(C)(C)OC(=O)NC1CC1c1ccc(NC(=O)OCc2ccccc2)cc1. The summed E-state index contributed by atoms with van der Waals surface area (Å²) < 4.78 is 10.5. The van der Waals surface area contributed by atoms with Crippen LogP contribution in [0, 0.1) is 0 Å². The van der Waals surface area contributed by atoms with Crippen LogP contribution in [-0.2, 0) is 16.1 Å². The van der Waals surface area contributed by atoms with Crippen molar-refractivity contribution >= 4 is 17.9 Å². The molecule has 0 aliphatic heterocycles. The van der Waals surface area contributed by atoms with Crippen molar-refractivity contribution in [3.8, 4) is 0 Å². The van der Waals surface area contributed by atoms with Gasteiger partial charge in [-0.1, -0.05) is 42.5 Å². The Labute approximate surface area is 165 Å². The second kappa shape index (κ2) is 8.33. The lowest BCUT2D eigenvalue weighted by molar-refractivity contribution is 0.0522. The molecule has 1 saturated carbocycles. The number of nitrogens with one attached hydrogen (secondary N) is 2. The van der Waals surface area contributed by atoms with Gasteiger partial charge in [0.25, 0.3) is 0 Å². The number of carbonyl (C=O) groups is 2. The number of alkyl carbamates (subject to hydrolysis) is 1. The molecule has 28 heavy (non-hydrogen) atoms. The van der Waals surface area contributed by atoms with E-state index in [4.69, 9.17) is 9.47 Å². The van der Waals surface area contributed by atoms with Crippen LogP contribution < -0.4 is 10.6 Å². The number of hydrogen-bond donors (Lipinski definition) is 2. The molecule has 0 saturated heterocycles. The van der Waals surface area contributed by atoms with Gasteiger partial charge in [-0.3, -0.25) is 5.32 Å². The molecule has 6 nitrogen and oxygen atoms in total. The fourth-order valence-corrected chi connectivity index (χ4v) is 2.87. The maximum absolute atomic E-state index is 11.9. The summed E-state index contributed by atoms with van der Waals surface area (Å²) in [6.45, 7) is 5.75. The van der Waals surface area contributed by atoms with E-state index in [1.165, 1.54) is 0 Å². The quantitative estimate of drug-likeness (QED) is 0.778. The van der Waals surface area contributed by atoms with Gasteiger partial charge < -0.3 is 14.8 Å². The number of rotatable bonds is 5. The molecule has 0 heterocycles. The average molecular weight is 382 g/mol. The Morgan fingerprint density at radius 1 is 1.00 bits per heavy atom. The topological polar surface area (TPSA) is 76.7 Å². The normalized spacial score (nSPS) is 18.1. The number of ether oxygens (including phenoxy) is 2. The van der Waals surface area contributed by atoms with Gasteiger partial charge in [0.1, 0.15) is 12.2 Å². The lowest BCUT2D eigenvalue weighted by Gasteiger charge is -2.19. The first-order valence-electron chi connectivity index (χ1n) is 9.37. The molecule has 2 amide bonds. The van der Waals surface area contributed by atoms with E-state index in [1.54, 1.807) is 0 Å². The first-order chi connectivity index (χ1) is 13.3. The Morgan fingerprint density at radius 3 is 2.32 bits per heavy atom. The second-order valence-electron chi connectivity index (χ2n) is 7.90. The summed E-state index contributed by atoms with van der Waals surface area (Å²) in [5.41, 5.74) is 2.21. The summed E-state index contributed by atoms with van der Waals surface area (Å²) in [6.07, 6.45) is -0.00237. The smallest absolute Gasteiger partial charge is 0.411 e. The summed E-state index contributed by atoms with van der Waals surface area (Å²) in [6, 6.07) is 17.2. The molecule has 2 aromatic carbocycles. The molecular formula is C22H26N2O4. The van der Waals surface area contributed by atoms with E-state index < -0.39 is 11.7 Å². The third-order valence-corrected chi connectivity index (χ3v) is 4.29. The van der Waals surface area contributed by atoms with Crippen molar-refractivity contribution in [3.63, 3.8) is 0 Å². The van der Waals surface area contributed by atoms with E-state index in [-0.39, 0.29) is 24.7 Å². The highest BCUT2D eigenvalue weighted by Crippen LogP contribution is 2.41. The largest absolute Gasteiger partial charge is 0.444 e. The monoisotopic (exact) mass is 382 g/mol. The van der Waals surface area contributed by atoms with Crippen LogP contribution in [0.25, 0.3) is 0 Å². The number of carbonyl (C=O) groups excluding carboxylic acids is 2. The van der Waals surface area contributed by atoms with Gasteiger partial charge in [0.05, 0.1) is 0 Å². The molecule has 2 aromatic rings. The van der Waals surface area contributed by atoms with E-state index in [9.17, 15) is 9.59 Å². The van der Waals surface area contributed by atoms with Gasteiger partial charge in [-0.25, -0.2) is 9.59 Å². The zero-order chi connectivity index (χ0) is 20.1. The van der Waals surface area contributed by atoms with E-state index in [2.05, 4.69) is 10.6 Å². The van der Waals surface area contributed by atoms with Crippen molar-refractivity contribution < 1.29 is 19.1 Å². The fraction of sp³-hybridized carbons (Fsp3) is 0.364. The Bertz CT molecular complexity index is 813. The number of hydrogen-bond acceptors (Lipinski definition) is 4. The Balaban J connectivity index is 1.44. The van der Waals surface area contributed by atoms with Gasteiger partial charge >= 0.3 is 12.2 Å². The minimum Gasteiger partial charge on any atom is -0.444 e. The first kappa shape index (κ1) is 19.7. The van der Waals surface area contributed by atoms with E-state index in [1.807, 2.05) is 75.4 Å². The fourth-order valence-electron chi connectivity index (χ4n) is 2.87. The highest BCUT2D eigenvalue weighted by molar-refractivity contribution is 5.84. The molecule has 0 spiro atoms. The molecule has 0 aromatic heterocycles. The van der Waals surface area contributed by atoms with Gasteiger partial charge in [-0.05, 0) is 50.5 Å². The minimum atomic E-state index is -0.503. The Hall–Kier alpha value is -3.02. The summed E-state index contributed by atoms with van der Waals surface area (Å²) in [5.74, 6) is 0.270. The highest BCUT2D eigenvalue weighted by Gasteiger charge is 2.40. The van der Waals surface area contributed by atoms with Crippen LogP contribution in [0.3, 0.4) is 0 Å². The zero-order valence-electron chi connectivity index (χ0n) is 16.4. The van der Waals surface area contributed by atoms with Gasteiger partial charge in [-0.15, -0.1) is 0 Å². The second-order valence-corrected chi connectivity index (χ2v) is 7.90. The van der Waals surface area contributed by atoms with Crippen LogP contribution in [0.15, 0.2) is 54.6 Å². The lowest BCUT2D eigenvalue weighted by Crippen LogP contribution is -2.34. The molecule has 1 fully saturated rings. The van der Waals surface area contributed by atoms with E-state index in [0.29, 0.717) is 5.69 Å². The van der Waals surface area contributed by atoms with Gasteiger partial charge in [-0.2, -0.15) is 0 Å². The lowest BCUT2D eigenvalue weighted by atomic mass is 10.1. The van der Waals surface area contributed by atoms with Gasteiger partial charge in [0.2, 0.25) is 0 Å². The molecule has 1 aliphatic carbocycles. The van der Waals surface area contributed by atoms with E-state index in [0.717, 1.165) is 17.5 Å². The Morgan fingerprint density at radius 2 is 1.68 bits per heavy atom. The van der Waals surface area contributed by atoms with E-state index >= 15 is 0 Å². The predicted molar refractivity (Wildman–Crippen MR) is 107 cm³/mol. The van der Waals surface area contributed by atoms with Crippen LogP contribution in [-0.4, -0.2) is 23.8 Å². The van der Waals surface area contributed by atoms with Crippen molar-refractivity contribution in [2.75, 3.05) is 5.32 Å². The van der Waals surface area contributed by atoms with Crippen LogP contribution >= 0.6 is 0 Å². The van der Waals surface area contributed by atoms with Crippen molar-refractivity contribution in [2.24, 2.45) is 0 Å². The maximum Gasteiger partial charge on any atom is 0.411 e. The summed E-state index contributed by atoms with van der Waals surface area (Å²) in [4.78, 5) is 23.7. The summed E-state index contributed by atoms with van der Waals surface area (Å²) >= 11 is 0. The molecule has 148 valence electrons. The standard InChI is InChI=1S/C22H26N2O4/c1-22(2,3)28-21(26)24-19-13-18(19)16-9-11-17(12-10-16)23-20(25)27-14-15-7-5-4-6-8-15/h4-12,18-19H,13-14H2,1-3H3,(H,23,25)(H,24,26). The third-order valence-electron chi connectivity index (χ3n) is 4.29. The molecule has 1 aliphatic rings. The molecule has 6 heteroatoms. The number of benzene rings is 2. The molecule has 2 N–H and O–H groups in total. The third kappa shape index (κ3) is 6.01. The van der Waals surface area contributed by atoms with Crippen molar-refractivity contribution in [2.45, 2.75) is 51.4 Å². The molecule has 3 rings (SSSR count). The molecule has 2 atom stereocenters. The number of anilines is 1. The minimum absolute atomic E-state index is 0.0875. The van der Waals surface area contributed by atoms with Crippen molar-refractivity contribution in [3.05, 3.63) is 65.7 Å². The highest BCUT2D eigenvalue weighted by atomic mass is 16.6. The summed E-state index contributed by atoms with van der Waals surface area (Å²) in [5, 5.41) is 5.60. The van der Waals surface area contributed by atoms with Crippen LogP contribution in [0.2, 0.25) is 0 Å². The van der Waals surface area contributed by atoms with Gasteiger partial charge in [0, 0.05) is 17.6 Å². The predicted octanol–water partition coefficient (Wildman–Crippen LogP) is 4.82. The summed E-state index contributed by atoms with van der Waals surface area (Å²) in [7, 11) is 0. The molecule has 2 unspecified atom stereocenters.